The predicted octanol–water partition coefficient (Wildman–Crippen LogP) is 2.68. The number of halogens is 1. The lowest BCUT2D eigenvalue weighted by Gasteiger charge is -2.57. The summed E-state index contributed by atoms with van der Waals surface area (Å²) in [5.74, 6) is 0.131. The Hall–Kier alpha value is -1.10. The number of morpholine rings is 1. The van der Waals surface area contributed by atoms with Crippen LogP contribution in [0.25, 0.3) is 0 Å². The van der Waals surface area contributed by atoms with E-state index in [1.165, 1.54) is 0 Å². The molecule has 2 fully saturated rings. The average Bonchev–Trinajstić information content (AvgIpc) is 2.47. The molecule has 1 aromatic carbocycles. The Labute approximate surface area is 130 Å². The number of carbonyl (C=O) groups excluding carboxylic acids is 1. The first kappa shape index (κ1) is 14.8. The number of β-lactam (4-membered cyclic amide) rings is 1. The number of carbonyl (C=O) groups is 1. The maximum Gasteiger partial charge on any atom is 0.237 e. The highest BCUT2D eigenvalue weighted by Crippen LogP contribution is 2.46. The normalized spacial score (nSPS) is 25.8. The molecule has 3 rings (SSSR count). The minimum absolute atomic E-state index is 0.0493. The third-order valence-electron chi connectivity index (χ3n) is 4.41. The van der Waals surface area contributed by atoms with Crippen LogP contribution in [0.4, 0.5) is 5.69 Å². The van der Waals surface area contributed by atoms with E-state index in [1.807, 2.05) is 43.9 Å². The van der Waals surface area contributed by atoms with Gasteiger partial charge >= 0.3 is 0 Å². The molecule has 0 bridgehead atoms. The molecule has 2 heterocycles. The highest BCUT2D eigenvalue weighted by molar-refractivity contribution is 6.34. The maximum atomic E-state index is 12.6. The molecule has 0 radical (unpaired) electrons. The number of nitrogens with zero attached hydrogens (tertiary/aromatic N) is 2. The van der Waals surface area contributed by atoms with Crippen LogP contribution in [0.5, 0.6) is 0 Å². The van der Waals surface area contributed by atoms with Crippen LogP contribution in [0.2, 0.25) is 5.02 Å². The lowest BCUT2D eigenvalue weighted by atomic mass is 9.77. The number of hydrogen-bond donors (Lipinski definition) is 0. The first-order chi connectivity index (χ1) is 9.93. The summed E-state index contributed by atoms with van der Waals surface area (Å²) in [6, 6.07) is 5.81. The summed E-state index contributed by atoms with van der Waals surface area (Å²) >= 11 is 6.33. The summed E-state index contributed by atoms with van der Waals surface area (Å²) in [5, 5.41) is 0.628. The van der Waals surface area contributed by atoms with Gasteiger partial charge in [-0.3, -0.25) is 14.6 Å². The Bertz CT molecular complexity index is 567. The van der Waals surface area contributed by atoms with Gasteiger partial charge in [-0.05, 0) is 38.5 Å². The van der Waals surface area contributed by atoms with Gasteiger partial charge in [0, 0.05) is 13.1 Å². The van der Waals surface area contributed by atoms with Gasteiger partial charge in [0.15, 0.2) is 0 Å². The van der Waals surface area contributed by atoms with Gasteiger partial charge < -0.3 is 4.74 Å². The van der Waals surface area contributed by atoms with Crippen molar-refractivity contribution in [1.29, 1.82) is 0 Å². The molecule has 114 valence electrons. The van der Waals surface area contributed by atoms with E-state index in [9.17, 15) is 4.79 Å². The third-order valence-corrected chi connectivity index (χ3v) is 4.73. The molecular weight excluding hydrogens is 288 g/mol. The zero-order valence-corrected chi connectivity index (χ0v) is 13.5. The monoisotopic (exact) mass is 308 g/mol. The van der Waals surface area contributed by atoms with Crippen molar-refractivity contribution in [2.75, 3.05) is 31.2 Å². The van der Waals surface area contributed by atoms with Crippen LogP contribution in [-0.4, -0.2) is 43.3 Å². The minimum atomic E-state index is -0.385. The summed E-state index contributed by atoms with van der Waals surface area (Å²) in [6.07, 6.45) is 0.0493. The Balaban J connectivity index is 1.96. The van der Waals surface area contributed by atoms with Crippen LogP contribution in [0, 0.1) is 12.3 Å². The summed E-state index contributed by atoms with van der Waals surface area (Å²) in [4.78, 5) is 16.8. The fourth-order valence-electron chi connectivity index (χ4n) is 3.28. The second-order valence-electron chi connectivity index (χ2n) is 6.37. The van der Waals surface area contributed by atoms with Crippen LogP contribution in [0.3, 0.4) is 0 Å². The SMILES string of the molecule is Cc1ccc(Cl)c(N2C(=O)C(C)(C)C2N2CCOCC2)c1. The summed E-state index contributed by atoms with van der Waals surface area (Å²) in [5.41, 5.74) is 1.54. The zero-order chi connectivity index (χ0) is 15.2. The quantitative estimate of drug-likeness (QED) is 0.788. The van der Waals surface area contributed by atoms with Crippen LogP contribution in [0.1, 0.15) is 19.4 Å². The lowest BCUT2D eigenvalue weighted by molar-refractivity contribution is -0.147. The Morgan fingerprint density at radius 3 is 2.62 bits per heavy atom. The molecule has 1 amide bonds. The molecule has 1 aromatic rings. The molecule has 1 atom stereocenters. The van der Waals surface area contributed by atoms with E-state index in [2.05, 4.69) is 4.90 Å². The highest BCUT2D eigenvalue weighted by atomic mass is 35.5. The van der Waals surface area contributed by atoms with E-state index in [-0.39, 0.29) is 17.5 Å². The van der Waals surface area contributed by atoms with Crippen LogP contribution in [-0.2, 0) is 9.53 Å². The number of hydrogen-bond acceptors (Lipinski definition) is 3. The summed E-state index contributed by atoms with van der Waals surface area (Å²) in [6.45, 7) is 9.17. The molecule has 4 nitrogen and oxygen atoms in total. The Kier molecular flexibility index (Phi) is 3.72. The van der Waals surface area contributed by atoms with Crippen molar-refractivity contribution in [2.24, 2.45) is 5.41 Å². The second-order valence-corrected chi connectivity index (χ2v) is 6.78. The van der Waals surface area contributed by atoms with Gasteiger partial charge in [0.05, 0.1) is 29.3 Å². The van der Waals surface area contributed by atoms with E-state index < -0.39 is 0 Å². The smallest absolute Gasteiger partial charge is 0.237 e. The second kappa shape index (κ2) is 5.27. The van der Waals surface area contributed by atoms with Gasteiger partial charge in [0.1, 0.15) is 6.17 Å². The largest absolute Gasteiger partial charge is 0.379 e. The van der Waals surface area contributed by atoms with E-state index in [4.69, 9.17) is 16.3 Å². The molecule has 0 saturated carbocycles. The van der Waals surface area contributed by atoms with Crippen molar-refractivity contribution in [3.63, 3.8) is 0 Å². The Morgan fingerprint density at radius 1 is 1.29 bits per heavy atom. The third kappa shape index (κ3) is 2.35. The molecular formula is C16H21ClN2O2. The molecule has 0 N–H and O–H groups in total. The number of rotatable bonds is 2. The number of amides is 1. The van der Waals surface area contributed by atoms with E-state index >= 15 is 0 Å². The van der Waals surface area contributed by atoms with Gasteiger partial charge in [-0.15, -0.1) is 0 Å². The van der Waals surface area contributed by atoms with Gasteiger partial charge in [-0.1, -0.05) is 17.7 Å². The summed E-state index contributed by atoms with van der Waals surface area (Å²) < 4.78 is 5.43. The molecule has 0 aromatic heterocycles. The van der Waals surface area contributed by atoms with E-state index in [0.717, 1.165) is 37.6 Å². The molecule has 2 saturated heterocycles. The fourth-order valence-corrected chi connectivity index (χ4v) is 3.49. The van der Waals surface area contributed by atoms with E-state index in [0.29, 0.717) is 5.02 Å². The summed E-state index contributed by atoms with van der Waals surface area (Å²) in [7, 11) is 0. The standard InChI is InChI=1S/C16H21ClN2O2/c1-11-4-5-12(17)13(10-11)19-14(16(2,3)15(19)20)18-6-8-21-9-7-18/h4-5,10,14H,6-9H2,1-3H3. The molecule has 21 heavy (non-hydrogen) atoms. The van der Waals surface area contributed by atoms with Crippen LogP contribution < -0.4 is 4.90 Å². The van der Waals surface area contributed by atoms with Gasteiger partial charge in [-0.25, -0.2) is 0 Å². The molecule has 5 heteroatoms. The molecule has 2 aliphatic rings. The van der Waals surface area contributed by atoms with Crippen molar-refractivity contribution in [3.8, 4) is 0 Å². The number of ether oxygens (including phenoxy) is 1. The maximum absolute atomic E-state index is 12.6. The molecule has 2 aliphatic heterocycles. The number of anilines is 1. The highest BCUT2D eigenvalue weighted by Gasteiger charge is 2.57. The fraction of sp³-hybridized carbons (Fsp3) is 0.562. The first-order valence-corrected chi connectivity index (χ1v) is 7.72. The Morgan fingerprint density at radius 2 is 1.95 bits per heavy atom. The van der Waals surface area contributed by atoms with Crippen molar-refractivity contribution >= 4 is 23.2 Å². The van der Waals surface area contributed by atoms with Crippen molar-refractivity contribution in [3.05, 3.63) is 28.8 Å². The number of aryl methyl sites for hydroxylation is 1. The molecule has 0 aliphatic carbocycles. The van der Waals surface area contributed by atoms with Crippen LogP contribution >= 0.6 is 11.6 Å². The zero-order valence-electron chi connectivity index (χ0n) is 12.7. The minimum Gasteiger partial charge on any atom is -0.379 e. The van der Waals surface area contributed by atoms with Crippen molar-refractivity contribution in [2.45, 2.75) is 26.9 Å². The molecule has 0 spiro atoms. The van der Waals surface area contributed by atoms with Gasteiger partial charge in [-0.2, -0.15) is 0 Å². The number of benzene rings is 1. The average molecular weight is 309 g/mol. The predicted molar refractivity (Wildman–Crippen MR) is 83.6 cm³/mol. The topological polar surface area (TPSA) is 32.8 Å². The van der Waals surface area contributed by atoms with Crippen molar-refractivity contribution in [1.82, 2.24) is 4.90 Å². The first-order valence-electron chi connectivity index (χ1n) is 7.34. The van der Waals surface area contributed by atoms with E-state index in [1.54, 1.807) is 0 Å². The van der Waals surface area contributed by atoms with Gasteiger partial charge in [0.25, 0.3) is 0 Å². The van der Waals surface area contributed by atoms with Crippen LogP contribution in [0.15, 0.2) is 18.2 Å². The lowest BCUT2D eigenvalue weighted by Crippen LogP contribution is -2.74. The van der Waals surface area contributed by atoms with Gasteiger partial charge in [0.2, 0.25) is 5.91 Å². The molecule has 1 unspecified atom stereocenters. The van der Waals surface area contributed by atoms with Crippen molar-refractivity contribution < 1.29 is 9.53 Å².